The van der Waals surface area contributed by atoms with Gasteiger partial charge in [0.2, 0.25) is 0 Å². The maximum atomic E-state index is 12.3. The Labute approximate surface area is 403 Å². The number of pyridine rings is 1. The summed E-state index contributed by atoms with van der Waals surface area (Å²) in [6, 6.07) is 51.1. The van der Waals surface area contributed by atoms with Gasteiger partial charge in [-0.3, -0.25) is 9.55 Å². The van der Waals surface area contributed by atoms with Gasteiger partial charge in [-0.25, -0.2) is 4.98 Å². The summed E-state index contributed by atoms with van der Waals surface area (Å²) in [5.41, 5.74) is 7.21. The van der Waals surface area contributed by atoms with Gasteiger partial charge in [0.1, 0.15) is 11.6 Å². The number of benzene rings is 7. The first-order valence-corrected chi connectivity index (χ1v) is 20.5. The fourth-order valence-corrected chi connectivity index (χ4v) is 8.16. The van der Waals surface area contributed by atoms with E-state index in [1.807, 2.05) is 141 Å². The van der Waals surface area contributed by atoms with Crippen LogP contribution in [-0.4, -0.2) is 19.6 Å². The Morgan fingerprint density at radius 2 is 1.27 bits per heavy atom. The van der Waals surface area contributed by atoms with Gasteiger partial charge in [0, 0.05) is 60.5 Å². The van der Waals surface area contributed by atoms with E-state index < -0.39 is 38.2 Å². The number of rotatable bonds is 7. The topological polar surface area (TPSA) is 50.9 Å². The van der Waals surface area contributed by atoms with E-state index in [9.17, 15) is 5.11 Å². The van der Waals surface area contributed by atoms with Gasteiger partial charge in [-0.15, -0.1) is 23.8 Å². The Hall–Kier alpha value is -6.35. The van der Waals surface area contributed by atoms with Crippen molar-refractivity contribution in [3.05, 3.63) is 192 Å². The molecular weight excluding hydrogens is 950 g/mol. The van der Waals surface area contributed by atoms with Crippen molar-refractivity contribution in [3.63, 3.8) is 0 Å². The second-order valence-corrected chi connectivity index (χ2v) is 16.8. The smallest absolute Gasteiger partial charge is 0.148 e. The van der Waals surface area contributed by atoms with Crippen LogP contribution < -0.4 is 0 Å². The zero-order valence-corrected chi connectivity index (χ0v) is 37.5. The van der Waals surface area contributed by atoms with Crippen molar-refractivity contribution < 1.29 is 42.6 Å². The Kier molecular flexibility index (Phi) is 8.31. The van der Waals surface area contributed by atoms with Gasteiger partial charge in [-0.2, -0.15) is 0 Å². The first-order chi connectivity index (χ1) is 34.7. The standard InChI is InChI=1S/C58H52N3O.Pt/c1-37-22-27-52(48(30-37)41-18-13-10-14-19-41)61-53-21-15-20-47(54(53)60-56(61)49-31-38(2)32-50(55(49)62)58(6,7)8)44-33-43(39-16-11-9-12-17-39)34-45(35-44)51-36-42(28-29-59-51)40-23-25-46(26-24-40)57(3,4)5;/h9-34,36,62H,1-8H3;/q-1;/i1D3,3D3,4D3,5D3;. The minimum Gasteiger partial charge on any atom is -0.507 e. The molecule has 0 atom stereocenters. The van der Waals surface area contributed by atoms with E-state index in [1.165, 1.54) is 24.3 Å². The SMILES string of the molecule is [2H]C([2H])([2H])c1ccc(-n2c(-c3cc(C)cc(C(C)(C)C)c3O)nc3c(-c4[c-]c(-c5cc(-c6ccc(C(C([2H])([2H])[2H])(C([2H])([2H])[2H])C([2H])([2H])[2H])cc6)ccn5)cc(-c5ccccc5)c4)cccc32)c(-c2ccccc2)c1.[Pt]. The van der Waals surface area contributed by atoms with Crippen LogP contribution in [0.1, 0.15) is 80.0 Å². The van der Waals surface area contributed by atoms with Crippen LogP contribution in [0.2, 0.25) is 0 Å². The number of aryl methyl sites for hydroxylation is 2. The summed E-state index contributed by atoms with van der Waals surface area (Å²) in [6.45, 7) is -4.48. The van der Waals surface area contributed by atoms with Gasteiger partial charge in [-0.1, -0.05) is 179 Å². The number of aromatic nitrogens is 3. The number of aromatic hydroxyl groups is 1. The van der Waals surface area contributed by atoms with Gasteiger partial charge >= 0.3 is 0 Å². The molecule has 9 rings (SSSR count). The van der Waals surface area contributed by atoms with E-state index in [0.717, 1.165) is 27.8 Å². The van der Waals surface area contributed by atoms with Crippen molar-refractivity contribution in [1.29, 1.82) is 0 Å². The minimum absolute atomic E-state index is 0. The molecule has 0 bridgehead atoms. The molecule has 0 aliphatic rings. The predicted octanol–water partition coefficient (Wildman–Crippen LogP) is 15.1. The second-order valence-electron chi connectivity index (χ2n) is 16.8. The molecule has 0 saturated heterocycles. The third kappa shape index (κ3) is 8.58. The third-order valence-corrected chi connectivity index (χ3v) is 11.3. The van der Waals surface area contributed by atoms with Crippen LogP contribution in [0, 0.1) is 19.8 Å². The Bertz CT molecular complexity index is 3520. The molecule has 0 amide bonds. The van der Waals surface area contributed by atoms with Crippen molar-refractivity contribution in [3.8, 4) is 78.6 Å². The summed E-state index contributed by atoms with van der Waals surface area (Å²) in [5, 5.41) is 12.3. The molecule has 4 nitrogen and oxygen atoms in total. The quantitative estimate of drug-likeness (QED) is 0.162. The summed E-state index contributed by atoms with van der Waals surface area (Å²) in [6.07, 6.45) is 1.62. The molecule has 9 aromatic rings. The largest absolute Gasteiger partial charge is 0.507 e. The van der Waals surface area contributed by atoms with E-state index in [4.69, 9.17) is 26.4 Å². The molecule has 316 valence electrons. The second kappa shape index (κ2) is 17.1. The Morgan fingerprint density at radius 1 is 0.587 bits per heavy atom. The van der Waals surface area contributed by atoms with Crippen LogP contribution in [0.3, 0.4) is 0 Å². The van der Waals surface area contributed by atoms with Crippen LogP contribution >= 0.6 is 0 Å². The fourth-order valence-electron chi connectivity index (χ4n) is 8.16. The number of hydrogen-bond acceptors (Lipinski definition) is 3. The van der Waals surface area contributed by atoms with Gasteiger partial charge in [0.25, 0.3) is 0 Å². The number of para-hydroxylation sites is 1. The molecule has 63 heavy (non-hydrogen) atoms. The number of imidazole rings is 1. The molecule has 2 heterocycles. The van der Waals surface area contributed by atoms with Gasteiger partial charge in [0.15, 0.2) is 0 Å². The molecule has 5 heteroatoms. The summed E-state index contributed by atoms with van der Waals surface area (Å²) < 4.78 is 101. The van der Waals surface area contributed by atoms with Crippen LogP contribution in [0.25, 0.3) is 83.9 Å². The zero-order valence-electron chi connectivity index (χ0n) is 47.2. The maximum absolute atomic E-state index is 12.3. The Balaban J connectivity index is 0.00000747. The number of phenols is 1. The first kappa shape index (κ1) is 30.7. The van der Waals surface area contributed by atoms with Crippen LogP contribution in [0.4, 0.5) is 0 Å². The molecule has 0 saturated carbocycles. The molecule has 2 aromatic heterocycles. The summed E-state index contributed by atoms with van der Waals surface area (Å²) >= 11 is 0. The summed E-state index contributed by atoms with van der Waals surface area (Å²) in [4.78, 5) is 10.2. The van der Waals surface area contributed by atoms with Crippen LogP contribution in [0.5, 0.6) is 5.75 Å². The Morgan fingerprint density at radius 3 is 1.97 bits per heavy atom. The van der Waals surface area contributed by atoms with E-state index in [2.05, 4.69) is 6.07 Å². The normalized spacial score (nSPS) is 15.4. The molecule has 1 N–H and O–H groups in total. The first-order valence-electron chi connectivity index (χ1n) is 26.5. The predicted molar refractivity (Wildman–Crippen MR) is 259 cm³/mol. The zero-order chi connectivity index (χ0) is 53.3. The van der Waals surface area contributed by atoms with E-state index >= 15 is 0 Å². The summed E-state index contributed by atoms with van der Waals surface area (Å²) in [5.74, 6) is 0.514. The molecule has 0 unspecified atom stereocenters. The average molecular weight is 1010 g/mol. The third-order valence-electron chi connectivity index (χ3n) is 11.3. The number of hydrogen-bond donors (Lipinski definition) is 1. The molecule has 0 aliphatic heterocycles. The van der Waals surface area contributed by atoms with Gasteiger partial charge in [0.05, 0.1) is 22.3 Å². The molecule has 7 aromatic carbocycles. The van der Waals surface area contributed by atoms with Crippen LogP contribution in [0.15, 0.2) is 164 Å². The maximum Gasteiger partial charge on any atom is 0.148 e. The molecule has 0 radical (unpaired) electrons. The van der Waals surface area contributed by atoms with Gasteiger partial charge < -0.3 is 5.11 Å². The van der Waals surface area contributed by atoms with Crippen LogP contribution in [-0.2, 0) is 31.9 Å². The van der Waals surface area contributed by atoms with E-state index in [-0.39, 0.29) is 37.9 Å². The number of nitrogens with zero attached hydrogens (tertiary/aromatic N) is 3. The average Bonchev–Trinajstić information content (AvgIpc) is 3.73. The van der Waals surface area contributed by atoms with E-state index in [0.29, 0.717) is 67.2 Å². The fraction of sp³-hybridized carbons (Fsp3) is 0.172. The molecular formula is C58H52N3OPt-. The minimum atomic E-state index is -3.40. The van der Waals surface area contributed by atoms with Crippen molar-refractivity contribution in [1.82, 2.24) is 14.5 Å². The van der Waals surface area contributed by atoms with Crippen molar-refractivity contribution >= 4 is 11.0 Å². The number of fused-ring (bicyclic) bond motifs is 1. The molecule has 0 aliphatic carbocycles. The van der Waals surface area contributed by atoms with Gasteiger partial charge in [-0.05, 0) is 88.3 Å². The molecule has 0 fully saturated rings. The van der Waals surface area contributed by atoms with E-state index in [1.54, 1.807) is 30.5 Å². The molecule has 0 spiro atoms. The van der Waals surface area contributed by atoms with Crippen molar-refractivity contribution in [2.75, 3.05) is 0 Å². The van der Waals surface area contributed by atoms with Crippen molar-refractivity contribution in [2.24, 2.45) is 0 Å². The number of phenolic OH excluding ortho intramolecular Hbond substituents is 1. The monoisotopic (exact) mass is 1010 g/mol. The van der Waals surface area contributed by atoms with Crippen molar-refractivity contribution in [2.45, 2.75) is 65.9 Å². The summed E-state index contributed by atoms with van der Waals surface area (Å²) in [7, 11) is 0.